The van der Waals surface area contributed by atoms with Crippen molar-refractivity contribution in [2.45, 2.75) is 78.6 Å². The number of rotatable bonds is 5. The van der Waals surface area contributed by atoms with Crippen LogP contribution in [0.2, 0.25) is 0 Å². The molecule has 2 amide bonds. The number of β-amino-alcohol motifs (C(OH)–C–C–N with tert-alkyl or cyclic N) is 1. The number of carbonyl (C=O) groups excluding carboxylic acids is 2. The average Bonchev–Trinajstić information content (AvgIpc) is 2.97. The molecule has 2 atom stereocenters. The molecule has 0 saturated carbocycles. The molecule has 7 heteroatoms. The third-order valence-corrected chi connectivity index (χ3v) is 5.59. The van der Waals surface area contributed by atoms with E-state index in [4.69, 9.17) is 4.74 Å². The van der Waals surface area contributed by atoms with Crippen LogP contribution in [0.15, 0.2) is 0 Å². The summed E-state index contributed by atoms with van der Waals surface area (Å²) in [4.78, 5) is 30.8. The topological polar surface area (TPSA) is 73.3 Å². The zero-order valence-electron chi connectivity index (χ0n) is 18.5. The van der Waals surface area contributed by atoms with E-state index < -0.39 is 5.60 Å². The first-order valence-electron chi connectivity index (χ1n) is 10.5. The van der Waals surface area contributed by atoms with E-state index in [1.165, 1.54) is 0 Å². The van der Waals surface area contributed by atoms with E-state index in [-0.39, 0.29) is 29.6 Å². The van der Waals surface area contributed by atoms with Crippen molar-refractivity contribution in [1.29, 1.82) is 0 Å². The minimum atomic E-state index is -0.476. The van der Waals surface area contributed by atoms with Gasteiger partial charge in [0.05, 0.1) is 6.10 Å². The van der Waals surface area contributed by atoms with Gasteiger partial charge in [0.25, 0.3) is 0 Å². The highest BCUT2D eigenvalue weighted by Crippen LogP contribution is 2.28. The normalized spacial score (nSPS) is 24.5. The van der Waals surface area contributed by atoms with Gasteiger partial charge in [-0.1, -0.05) is 13.8 Å². The van der Waals surface area contributed by atoms with Crippen LogP contribution in [0.4, 0.5) is 4.79 Å². The van der Waals surface area contributed by atoms with Gasteiger partial charge in [-0.3, -0.25) is 9.69 Å². The first-order valence-corrected chi connectivity index (χ1v) is 10.5. The molecule has 28 heavy (non-hydrogen) atoms. The molecule has 0 bridgehead atoms. The van der Waals surface area contributed by atoms with Crippen LogP contribution in [0.1, 0.15) is 60.8 Å². The molecule has 2 unspecified atom stereocenters. The van der Waals surface area contributed by atoms with Crippen LogP contribution in [0.25, 0.3) is 0 Å². The Bertz CT molecular complexity index is 558. The van der Waals surface area contributed by atoms with E-state index >= 15 is 0 Å². The molecule has 2 saturated heterocycles. The Morgan fingerprint density at radius 1 is 1.07 bits per heavy atom. The van der Waals surface area contributed by atoms with Gasteiger partial charge in [0, 0.05) is 45.2 Å². The molecule has 7 nitrogen and oxygen atoms in total. The molecule has 2 heterocycles. The van der Waals surface area contributed by atoms with Crippen molar-refractivity contribution in [3.05, 3.63) is 0 Å². The number of aliphatic hydroxyl groups is 1. The van der Waals surface area contributed by atoms with Crippen LogP contribution in [-0.2, 0) is 9.53 Å². The van der Waals surface area contributed by atoms with Crippen molar-refractivity contribution in [2.75, 3.05) is 39.3 Å². The minimum absolute atomic E-state index is 0.0871. The second-order valence-electron chi connectivity index (χ2n) is 10.2. The second-order valence-corrected chi connectivity index (χ2v) is 10.2. The quantitative estimate of drug-likeness (QED) is 0.771. The number of carbonyl (C=O) groups is 2. The van der Waals surface area contributed by atoms with E-state index in [9.17, 15) is 14.7 Å². The summed E-state index contributed by atoms with van der Waals surface area (Å²) >= 11 is 0. The zero-order valence-corrected chi connectivity index (χ0v) is 18.5. The highest BCUT2D eigenvalue weighted by molar-refractivity contribution is 5.77. The summed E-state index contributed by atoms with van der Waals surface area (Å²) in [6.07, 6.45) is 1.51. The predicted molar refractivity (Wildman–Crippen MR) is 109 cm³/mol. The summed E-state index contributed by atoms with van der Waals surface area (Å²) in [5.41, 5.74) is -0.563. The Morgan fingerprint density at radius 2 is 1.75 bits per heavy atom. The van der Waals surface area contributed by atoms with Crippen molar-refractivity contribution in [2.24, 2.45) is 5.41 Å². The average molecular weight is 398 g/mol. The van der Waals surface area contributed by atoms with E-state index in [1.54, 1.807) is 4.90 Å². The SMILES string of the molecule is CC1CN(CCC(C)(C)CC(=O)N2CCC(O)C2)CCN1C(=O)OC(C)(C)C. The Kier molecular flexibility index (Phi) is 7.37. The monoisotopic (exact) mass is 397 g/mol. The molecule has 2 fully saturated rings. The number of piperazine rings is 1. The number of nitrogens with zero attached hydrogens (tertiary/aromatic N) is 3. The van der Waals surface area contributed by atoms with E-state index in [0.29, 0.717) is 32.5 Å². The van der Waals surface area contributed by atoms with Gasteiger partial charge in [-0.05, 0) is 52.5 Å². The van der Waals surface area contributed by atoms with Crippen LogP contribution in [-0.4, -0.2) is 88.8 Å². The zero-order chi connectivity index (χ0) is 21.1. The van der Waals surface area contributed by atoms with Gasteiger partial charge < -0.3 is 19.6 Å². The van der Waals surface area contributed by atoms with Gasteiger partial charge in [-0.2, -0.15) is 0 Å². The third-order valence-electron chi connectivity index (χ3n) is 5.59. The highest BCUT2D eigenvalue weighted by atomic mass is 16.6. The van der Waals surface area contributed by atoms with Gasteiger partial charge in [0.1, 0.15) is 5.60 Å². The van der Waals surface area contributed by atoms with Gasteiger partial charge >= 0.3 is 6.09 Å². The second kappa shape index (κ2) is 8.99. The Balaban J connectivity index is 1.77. The maximum absolute atomic E-state index is 12.5. The van der Waals surface area contributed by atoms with Crippen molar-refractivity contribution in [3.8, 4) is 0 Å². The first kappa shape index (κ1) is 22.9. The molecular formula is C21H39N3O4. The summed E-state index contributed by atoms with van der Waals surface area (Å²) < 4.78 is 5.51. The van der Waals surface area contributed by atoms with Crippen LogP contribution in [0.5, 0.6) is 0 Å². The fourth-order valence-electron chi connectivity index (χ4n) is 3.87. The van der Waals surface area contributed by atoms with Crippen molar-refractivity contribution in [3.63, 3.8) is 0 Å². The van der Waals surface area contributed by atoms with Gasteiger partial charge in [-0.15, -0.1) is 0 Å². The molecule has 0 aromatic heterocycles. The number of likely N-dealkylation sites (tertiary alicyclic amines) is 1. The van der Waals surface area contributed by atoms with Gasteiger partial charge in [-0.25, -0.2) is 4.79 Å². The fourth-order valence-corrected chi connectivity index (χ4v) is 3.87. The lowest BCUT2D eigenvalue weighted by atomic mass is 9.84. The lowest BCUT2D eigenvalue weighted by molar-refractivity contribution is -0.132. The maximum atomic E-state index is 12.5. The van der Waals surface area contributed by atoms with Crippen LogP contribution < -0.4 is 0 Å². The lowest BCUT2D eigenvalue weighted by Crippen LogP contribution is -2.55. The van der Waals surface area contributed by atoms with Crippen molar-refractivity contribution < 1.29 is 19.4 Å². The van der Waals surface area contributed by atoms with Gasteiger partial charge in [0.15, 0.2) is 0 Å². The Hall–Kier alpha value is -1.34. The smallest absolute Gasteiger partial charge is 0.410 e. The molecule has 0 spiro atoms. The molecule has 0 aromatic carbocycles. The summed E-state index contributed by atoms with van der Waals surface area (Å²) in [7, 11) is 0. The van der Waals surface area contributed by atoms with Crippen molar-refractivity contribution in [1.82, 2.24) is 14.7 Å². The Labute approximate surface area is 170 Å². The molecule has 0 aromatic rings. The van der Waals surface area contributed by atoms with Gasteiger partial charge in [0.2, 0.25) is 5.91 Å². The number of amides is 2. The molecule has 2 rings (SSSR count). The summed E-state index contributed by atoms with van der Waals surface area (Å²) in [6, 6.07) is 0.111. The minimum Gasteiger partial charge on any atom is -0.444 e. The standard InChI is InChI=1S/C21H39N3O4/c1-16-14-22(11-12-24(16)19(27)28-20(2,3)4)10-8-21(5,6)13-18(26)23-9-7-17(25)15-23/h16-17,25H,7-15H2,1-6H3. The summed E-state index contributed by atoms with van der Waals surface area (Å²) in [5.74, 6) is 0.143. The van der Waals surface area contributed by atoms with Crippen LogP contribution >= 0.6 is 0 Å². The summed E-state index contributed by atoms with van der Waals surface area (Å²) in [5, 5.41) is 9.63. The summed E-state index contributed by atoms with van der Waals surface area (Å²) in [6.45, 7) is 16.4. The van der Waals surface area contributed by atoms with E-state index in [1.807, 2.05) is 25.7 Å². The molecular weight excluding hydrogens is 358 g/mol. The molecule has 0 aliphatic carbocycles. The number of ether oxygens (including phenoxy) is 1. The van der Waals surface area contributed by atoms with Crippen molar-refractivity contribution >= 4 is 12.0 Å². The fraction of sp³-hybridized carbons (Fsp3) is 0.905. The molecule has 2 aliphatic rings. The predicted octanol–water partition coefficient (Wildman–Crippen LogP) is 2.33. The molecule has 0 radical (unpaired) electrons. The first-order chi connectivity index (χ1) is 12.9. The van der Waals surface area contributed by atoms with Crippen LogP contribution in [0, 0.1) is 5.41 Å². The number of hydrogen-bond donors (Lipinski definition) is 1. The number of hydrogen-bond acceptors (Lipinski definition) is 5. The third kappa shape index (κ3) is 6.92. The molecule has 1 N–H and O–H groups in total. The highest BCUT2D eigenvalue weighted by Gasteiger charge is 2.33. The molecule has 162 valence electrons. The van der Waals surface area contributed by atoms with E-state index in [0.717, 1.165) is 26.1 Å². The van der Waals surface area contributed by atoms with E-state index in [2.05, 4.69) is 25.7 Å². The van der Waals surface area contributed by atoms with Crippen LogP contribution in [0.3, 0.4) is 0 Å². The molecule has 2 aliphatic heterocycles. The Morgan fingerprint density at radius 3 is 2.29 bits per heavy atom. The largest absolute Gasteiger partial charge is 0.444 e. The maximum Gasteiger partial charge on any atom is 0.410 e. The lowest BCUT2D eigenvalue weighted by Gasteiger charge is -2.41. The number of aliphatic hydroxyl groups excluding tert-OH is 1.